The van der Waals surface area contributed by atoms with Gasteiger partial charge in [-0.1, -0.05) is 11.6 Å². The van der Waals surface area contributed by atoms with Gasteiger partial charge in [0.25, 0.3) is 0 Å². The van der Waals surface area contributed by atoms with E-state index in [2.05, 4.69) is 10.3 Å². The highest BCUT2D eigenvalue weighted by Gasteiger charge is 2.13. The molecule has 2 rings (SSSR count). The monoisotopic (exact) mass is 312 g/mol. The van der Waals surface area contributed by atoms with Crippen LogP contribution in [0.25, 0.3) is 0 Å². The summed E-state index contributed by atoms with van der Waals surface area (Å²) in [5, 5.41) is 6.59. The summed E-state index contributed by atoms with van der Waals surface area (Å²) in [7, 11) is 1.61. The van der Waals surface area contributed by atoms with Crippen LogP contribution >= 0.6 is 22.9 Å². The summed E-state index contributed by atoms with van der Waals surface area (Å²) in [5.41, 5.74) is 1.01. The summed E-state index contributed by atoms with van der Waals surface area (Å²) in [6.45, 7) is 4.53. The van der Waals surface area contributed by atoms with Crippen molar-refractivity contribution in [1.29, 1.82) is 0 Å². The molecule has 0 radical (unpaired) electrons. The maximum Gasteiger partial charge on any atom is 0.182 e. The molecule has 0 aliphatic carbocycles. The van der Waals surface area contributed by atoms with E-state index in [4.69, 9.17) is 21.1 Å². The second kappa shape index (κ2) is 6.81. The molecule has 0 amide bonds. The standard InChI is InChI=1S/C14H17ClN2O2S/c1-9(2)19-13-11(15)6-10(7-12(13)18-3)8-17-14-16-4-5-20-14/h4-7,9H,8H2,1-3H3,(H,16,17). The Morgan fingerprint density at radius 2 is 2.20 bits per heavy atom. The average Bonchev–Trinajstić information content (AvgIpc) is 2.91. The van der Waals surface area contributed by atoms with Crippen molar-refractivity contribution in [2.75, 3.05) is 12.4 Å². The van der Waals surface area contributed by atoms with Crippen LogP contribution in [0, 0.1) is 0 Å². The molecule has 1 aromatic carbocycles. The molecular weight excluding hydrogens is 296 g/mol. The quantitative estimate of drug-likeness (QED) is 0.868. The first kappa shape index (κ1) is 14.9. The van der Waals surface area contributed by atoms with Gasteiger partial charge in [-0.3, -0.25) is 0 Å². The number of ether oxygens (including phenoxy) is 2. The van der Waals surface area contributed by atoms with Crippen LogP contribution in [0.1, 0.15) is 19.4 Å². The van der Waals surface area contributed by atoms with Gasteiger partial charge < -0.3 is 14.8 Å². The minimum atomic E-state index is 0.0423. The largest absolute Gasteiger partial charge is 0.493 e. The van der Waals surface area contributed by atoms with E-state index in [0.29, 0.717) is 23.1 Å². The Labute approximate surface area is 127 Å². The van der Waals surface area contributed by atoms with Gasteiger partial charge in [0, 0.05) is 18.1 Å². The van der Waals surface area contributed by atoms with E-state index in [1.165, 1.54) is 0 Å². The van der Waals surface area contributed by atoms with Crippen LogP contribution in [-0.4, -0.2) is 18.2 Å². The lowest BCUT2D eigenvalue weighted by molar-refractivity contribution is 0.230. The Balaban J connectivity index is 2.16. The molecule has 1 heterocycles. The smallest absolute Gasteiger partial charge is 0.182 e. The third kappa shape index (κ3) is 3.77. The zero-order valence-corrected chi connectivity index (χ0v) is 13.2. The summed E-state index contributed by atoms with van der Waals surface area (Å²) in [6, 6.07) is 3.80. The minimum absolute atomic E-state index is 0.0423. The average molecular weight is 313 g/mol. The van der Waals surface area contributed by atoms with Crippen LogP contribution in [0.2, 0.25) is 5.02 Å². The Morgan fingerprint density at radius 3 is 2.80 bits per heavy atom. The molecule has 0 atom stereocenters. The highest BCUT2D eigenvalue weighted by atomic mass is 35.5. The minimum Gasteiger partial charge on any atom is -0.493 e. The third-order valence-electron chi connectivity index (χ3n) is 2.52. The maximum atomic E-state index is 6.27. The van der Waals surface area contributed by atoms with Crippen molar-refractivity contribution in [1.82, 2.24) is 4.98 Å². The SMILES string of the molecule is COc1cc(CNc2nccs2)cc(Cl)c1OC(C)C. The molecular formula is C14H17ClN2O2S. The Bertz CT molecular complexity index is 559. The van der Waals surface area contributed by atoms with Crippen LogP contribution in [0.3, 0.4) is 0 Å². The second-order valence-corrected chi connectivity index (χ2v) is 5.77. The maximum absolute atomic E-state index is 6.27. The van der Waals surface area contributed by atoms with Crippen LogP contribution < -0.4 is 14.8 Å². The number of methoxy groups -OCH3 is 1. The predicted octanol–water partition coefficient (Wildman–Crippen LogP) is 4.20. The zero-order valence-electron chi connectivity index (χ0n) is 11.6. The fourth-order valence-corrected chi connectivity index (χ4v) is 2.52. The van der Waals surface area contributed by atoms with Gasteiger partial charge in [0.15, 0.2) is 16.6 Å². The number of thiazole rings is 1. The van der Waals surface area contributed by atoms with E-state index in [1.807, 2.05) is 31.4 Å². The Hall–Kier alpha value is -1.46. The molecule has 4 nitrogen and oxygen atoms in total. The molecule has 0 saturated heterocycles. The van der Waals surface area contributed by atoms with Gasteiger partial charge >= 0.3 is 0 Å². The molecule has 0 spiro atoms. The summed E-state index contributed by atoms with van der Waals surface area (Å²) < 4.78 is 11.0. The molecule has 20 heavy (non-hydrogen) atoms. The zero-order chi connectivity index (χ0) is 14.5. The van der Waals surface area contributed by atoms with E-state index >= 15 is 0 Å². The van der Waals surface area contributed by atoms with Crippen molar-refractivity contribution in [3.8, 4) is 11.5 Å². The van der Waals surface area contributed by atoms with Gasteiger partial charge in [0.2, 0.25) is 0 Å². The van der Waals surface area contributed by atoms with Gasteiger partial charge in [-0.05, 0) is 31.5 Å². The van der Waals surface area contributed by atoms with E-state index < -0.39 is 0 Å². The highest BCUT2D eigenvalue weighted by Crippen LogP contribution is 2.37. The lowest BCUT2D eigenvalue weighted by atomic mass is 10.2. The number of rotatable bonds is 6. The van der Waals surface area contributed by atoms with Gasteiger partial charge in [0.05, 0.1) is 18.2 Å². The molecule has 2 aromatic rings. The molecule has 0 fully saturated rings. The lowest BCUT2D eigenvalue weighted by Crippen LogP contribution is -2.08. The predicted molar refractivity (Wildman–Crippen MR) is 83.2 cm³/mol. The first-order valence-electron chi connectivity index (χ1n) is 6.26. The highest BCUT2D eigenvalue weighted by molar-refractivity contribution is 7.13. The number of nitrogens with one attached hydrogen (secondary N) is 1. The number of hydrogen-bond acceptors (Lipinski definition) is 5. The van der Waals surface area contributed by atoms with Gasteiger partial charge in [-0.15, -0.1) is 11.3 Å². The van der Waals surface area contributed by atoms with E-state index in [0.717, 1.165) is 10.7 Å². The first-order valence-corrected chi connectivity index (χ1v) is 7.52. The van der Waals surface area contributed by atoms with Crippen molar-refractivity contribution in [2.24, 2.45) is 0 Å². The van der Waals surface area contributed by atoms with Crippen molar-refractivity contribution in [3.05, 3.63) is 34.3 Å². The van der Waals surface area contributed by atoms with Gasteiger partial charge in [-0.2, -0.15) is 0 Å². The van der Waals surface area contributed by atoms with Crippen molar-refractivity contribution < 1.29 is 9.47 Å². The molecule has 0 bridgehead atoms. The number of hydrogen-bond donors (Lipinski definition) is 1. The van der Waals surface area contributed by atoms with E-state index in [-0.39, 0.29) is 6.10 Å². The number of halogens is 1. The summed E-state index contributed by atoms with van der Waals surface area (Å²) in [6.07, 6.45) is 1.81. The Morgan fingerprint density at radius 1 is 1.40 bits per heavy atom. The molecule has 0 unspecified atom stereocenters. The third-order valence-corrected chi connectivity index (χ3v) is 3.53. The normalized spacial score (nSPS) is 10.7. The summed E-state index contributed by atoms with van der Waals surface area (Å²) in [5.74, 6) is 1.23. The number of aromatic nitrogens is 1. The molecule has 108 valence electrons. The second-order valence-electron chi connectivity index (χ2n) is 4.47. The molecule has 1 N–H and O–H groups in total. The molecule has 6 heteroatoms. The van der Waals surface area contributed by atoms with Crippen molar-refractivity contribution in [3.63, 3.8) is 0 Å². The van der Waals surface area contributed by atoms with Crippen LogP contribution in [0.5, 0.6) is 11.5 Å². The fraction of sp³-hybridized carbons (Fsp3) is 0.357. The van der Waals surface area contributed by atoms with Crippen molar-refractivity contribution in [2.45, 2.75) is 26.5 Å². The van der Waals surface area contributed by atoms with Crippen LogP contribution in [-0.2, 0) is 6.54 Å². The molecule has 0 aliphatic heterocycles. The van der Waals surface area contributed by atoms with Gasteiger partial charge in [0.1, 0.15) is 0 Å². The van der Waals surface area contributed by atoms with E-state index in [1.54, 1.807) is 24.6 Å². The molecule has 1 aromatic heterocycles. The summed E-state index contributed by atoms with van der Waals surface area (Å²) in [4.78, 5) is 4.17. The Kier molecular flexibility index (Phi) is 5.09. The number of anilines is 1. The lowest BCUT2D eigenvalue weighted by Gasteiger charge is -2.16. The van der Waals surface area contributed by atoms with Crippen molar-refractivity contribution >= 4 is 28.1 Å². The van der Waals surface area contributed by atoms with Crippen LogP contribution in [0.15, 0.2) is 23.7 Å². The summed E-state index contributed by atoms with van der Waals surface area (Å²) >= 11 is 7.83. The number of nitrogens with zero attached hydrogens (tertiary/aromatic N) is 1. The van der Waals surface area contributed by atoms with Crippen LogP contribution in [0.4, 0.5) is 5.13 Å². The fourth-order valence-electron chi connectivity index (χ4n) is 1.71. The van der Waals surface area contributed by atoms with Gasteiger partial charge in [-0.25, -0.2) is 4.98 Å². The number of benzene rings is 1. The molecule has 0 saturated carbocycles. The first-order chi connectivity index (χ1) is 9.60. The van der Waals surface area contributed by atoms with E-state index in [9.17, 15) is 0 Å². The molecule has 0 aliphatic rings. The topological polar surface area (TPSA) is 43.4 Å².